The van der Waals surface area contributed by atoms with E-state index in [2.05, 4.69) is 16.3 Å². The van der Waals surface area contributed by atoms with E-state index in [1.165, 1.54) is 42.2 Å². The van der Waals surface area contributed by atoms with Crippen LogP contribution in [0.15, 0.2) is 6.07 Å². The highest BCUT2D eigenvalue weighted by Crippen LogP contribution is 2.30. The zero-order valence-electron chi connectivity index (χ0n) is 7.86. The molecule has 1 aromatic heterocycles. The highest BCUT2D eigenvalue weighted by molar-refractivity contribution is 7.10. The first-order valence-corrected chi connectivity index (χ1v) is 5.50. The van der Waals surface area contributed by atoms with Gasteiger partial charge in [0.15, 0.2) is 0 Å². The number of hydrogen-bond donors (Lipinski definition) is 1. The molecule has 1 aliphatic carbocycles. The van der Waals surface area contributed by atoms with E-state index >= 15 is 0 Å². The summed E-state index contributed by atoms with van der Waals surface area (Å²) in [5, 5.41) is 1.20. The fourth-order valence-corrected chi connectivity index (χ4v) is 2.62. The van der Waals surface area contributed by atoms with Crippen molar-refractivity contribution < 1.29 is 0 Å². The van der Waals surface area contributed by atoms with Gasteiger partial charge in [-0.3, -0.25) is 0 Å². The van der Waals surface area contributed by atoms with Crippen LogP contribution in [0.25, 0.3) is 0 Å². The predicted octanol–water partition coefficient (Wildman–Crippen LogP) is 2.10. The monoisotopic (exact) mass is 197 g/mol. The van der Waals surface area contributed by atoms with Crippen molar-refractivity contribution in [2.75, 3.05) is 17.7 Å². The molecule has 72 valence electrons. The van der Waals surface area contributed by atoms with Crippen molar-refractivity contribution in [2.45, 2.75) is 31.7 Å². The van der Waals surface area contributed by atoms with Gasteiger partial charge in [-0.1, -0.05) is 12.8 Å². The molecule has 0 amide bonds. The van der Waals surface area contributed by atoms with E-state index in [9.17, 15) is 0 Å². The van der Waals surface area contributed by atoms with E-state index in [1.807, 2.05) is 6.07 Å². The van der Waals surface area contributed by atoms with Crippen molar-refractivity contribution >= 4 is 22.4 Å². The van der Waals surface area contributed by atoms with Crippen LogP contribution >= 0.6 is 11.5 Å². The number of hydrogen-bond acceptors (Lipinski definition) is 4. The van der Waals surface area contributed by atoms with Crippen molar-refractivity contribution in [3.8, 4) is 0 Å². The van der Waals surface area contributed by atoms with Crippen LogP contribution in [-0.2, 0) is 0 Å². The Labute approximate surface area is 82.7 Å². The lowest BCUT2D eigenvalue weighted by Gasteiger charge is -2.23. The summed E-state index contributed by atoms with van der Waals surface area (Å²) in [5.74, 6) is 0.643. The summed E-state index contributed by atoms with van der Waals surface area (Å²) < 4.78 is 4.09. The molecule has 13 heavy (non-hydrogen) atoms. The molecule has 2 N–H and O–H groups in total. The van der Waals surface area contributed by atoms with Gasteiger partial charge in [-0.2, -0.15) is 4.37 Å². The summed E-state index contributed by atoms with van der Waals surface area (Å²) in [7, 11) is 2.14. The number of nitrogens with zero attached hydrogens (tertiary/aromatic N) is 2. The van der Waals surface area contributed by atoms with Crippen LogP contribution < -0.4 is 10.6 Å². The second kappa shape index (κ2) is 3.54. The molecular weight excluding hydrogens is 182 g/mol. The van der Waals surface area contributed by atoms with Crippen LogP contribution in [0.5, 0.6) is 0 Å². The Kier molecular flexibility index (Phi) is 2.40. The third-order valence-corrected chi connectivity index (χ3v) is 3.63. The highest BCUT2D eigenvalue weighted by Gasteiger charge is 2.20. The summed E-state index contributed by atoms with van der Waals surface area (Å²) in [6.07, 6.45) is 5.36. The first-order valence-electron chi connectivity index (χ1n) is 4.72. The smallest absolute Gasteiger partial charge is 0.139 e. The Morgan fingerprint density at radius 1 is 1.54 bits per heavy atom. The molecular formula is C9H15N3S. The van der Waals surface area contributed by atoms with Gasteiger partial charge in [0.25, 0.3) is 0 Å². The molecule has 0 unspecified atom stereocenters. The predicted molar refractivity (Wildman–Crippen MR) is 57.2 cm³/mol. The van der Waals surface area contributed by atoms with Gasteiger partial charge in [0, 0.05) is 19.2 Å². The minimum Gasteiger partial charge on any atom is -0.383 e. The first kappa shape index (κ1) is 8.81. The molecule has 2 rings (SSSR count). The van der Waals surface area contributed by atoms with E-state index in [1.54, 1.807) is 0 Å². The fourth-order valence-electron chi connectivity index (χ4n) is 1.92. The second-order valence-electron chi connectivity index (χ2n) is 3.64. The average Bonchev–Trinajstić information content (AvgIpc) is 2.72. The van der Waals surface area contributed by atoms with E-state index in [0.29, 0.717) is 11.9 Å². The fraction of sp³-hybridized carbons (Fsp3) is 0.667. The third kappa shape index (κ3) is 1.77. The molecule has 1 saturated carbocycles. The maximum Gasteiger partial charge on any atom is 0.139 e. The Morgan fingerprint density at radius 2 is 2.23 bits per heavy atom. The summed E-state index contributed by atoms with van der Waals surface area (Å²) in [5.41, 5.74) is 5.59. The van der Waals surface area contributed by atoms with Crippen molar-refractivity contribution in [2.24, 2.45) is 0 Å². The normalized spacial score (nSPS) is 17.9. The number of rotatable bonds is 2. The Balaban J connectivity index is 2.07. The molecule has 0 spiro atoms. The minimum atomic E-state index is 0.643. The quantitative estimate of drug-likeness (QED) is 0.789. The standard InChI is InChI=1S/C9H15N3S/c1-12(7-4-2-3-5-7)9-6-8(10)11-13-9/h6-7H,2-5H2,1H3,(H2,10,11). The van der Waals surface area contributed by atoms with E-state index in [4.69, 9.17) is 5.73 Å². The SMILES string of the molecule is CN(c1cc(N)ns1)C1CCCC1. The number of aromatic nitrogens is 1. The van der Waals surface area contributed by atoms with Gasteiger partial charge in [0.1, 0.15) is 10.8 Å². The van der Waals surface area contributed by atoms with Crippen molar-refractivity contribution in [1.29, 1.82) is 0 Å². The van der Waals surface area contributed by atoms with E-state index in [0.717, 1.165) is 0 Å². The van der Waals surface area contributed by atoms with Crippen LogP contribution in [0, 0.1) is 0 Å². The van der Waals surface area contributed by atoms with Gasteiger partial charge < -0.3 is 10.6 Å². The van der Waals surface area contributed by atoms with E-state index in [-0.39, 0.29) is 0 Å². The molecule has 0 radical (unpaired) electrons. The molecule has 0 aromatic carbocycles. The van der Waals surface area contributed by atoms with Crippen LogP contribution in [0.4, 0.5) is 10.8 Å². The van der Waals surface area contributed by atoms with E-state index < -0.39 is 0 Å². The molecule has 0 bridgehead atoms. The molecule has 4 heteroatoms. The van der Waals surface area contributed by atoms with Crippen LogP contribution in [0.1, 0.15) is 25.7 Å². The maximum absolute atomic E-state index is 5.59. The Morgan fingerprint density at radius 3 is 2.77 bits per heavy atom. The van der Waals surface area contributed by atoms with Crippen LogP contribution in [-0.4, -0.2) is 17.5 Å². The highest BCUT2D eigenvalue weighted by atomic mass is 32.1. The van der Waals surface area contributed by atoms with Gasteiger partial charge in [0.2, 0.25) is 0 Å². The minimum absolute atomic E-state index is 0.643. The first-order chi connectivity index (χ1) is 6.27. The molecule has 1 heterocycles. The zero-order chi connectivity index (χ0) is 9.26. The number of nitrogens with two attached hydrogens (primary N) is 1. The number of anilines is 2. The lowest BCUT2D eigenvalue weighted by atomic mass is 10.2. The summed E-state index contributed by atoms with van der Waals surface area (Å²) in [6, 6.07) is 2.67. The lowest BCUT2D eigenvalue weighted by Crippen LogP contribution is -2.27. The molecule has 3 nitrogen and oxygen atoms in total. The summed E-state index contributed by atoms with van der Waals surface area (Å²) in [6.45, 7) is 0. The number of nitrogen functional groups attached to an aromatic ring is 1. The van der Waals surface area contributed by atoms with Crippen LogP contribution in [0.3, 0.4) is 0 Å². The topological polar surface area (TPSA) is 42.1 Å². The third-order valence-electron chi connectivity index (χ3n) is 2.74. The van der Waals surface area contributed by atoms with Gasteiger partial charge in [0.05, 0.1) is 0 Å². The van der Waals surface area contributed by atoms with Gasteiger partial charge >= 0.3 is 0 Å². The zero-order valence-corrected chi connectivity index (χ0v) is 8.68. The molecule has 0 aliphatic heterocycles. The largest absolute Gasteiger partial charge is 0.383 e. The molecule has 1 fully saturated rings. The van der Waals surface area contributed by atoms with Gasteiger partial charge in [-0.05, 0) is 24.4 Å². The second-order valence-corrected chi connectivity index (χ2v) is 4.42. The van der Waals surface area contributed by atoms with Crippen LogP contribution in [0.2, 0.25) is 0 Å². The lowest BCUT2D eigenvalue weighted by molar-refractivity contribution is 0.657. The Hall–Kier alpha value is -0.770. The van der Waals surface area contributed by atoms with Gasteiger partial charge in [-0.15, -0.1) is 0 Å². The molecule has 0 saturated heterocycles. The average molecular weight is 197 g/mol. The molecule has 1 aromatic rings. The summed E-state index contributed by atoms with van der Waals surface area (Å²) in [4.78, 5) is 2.32. The molecule has 0 atom stereocenters. The summed E-state index contributed by atoms with van der Waals surface area (Å²) >= 11 is 1.50. The Bertz CT molecular complexity index is 278. The van der Waals surface area contributed by atoms with Crippen molar-refractivity contribution in [1.82, 2.24) is 4.37 Å². The van der Waals surface area contributed by atoms with Crippen molar-refractivity contribution in [3.63, 3.8) is 0 Å². The van der Waals surface area contributed by atoms with Crippen molar-refractivity contribution in [3.05, 3.63) is 6.07 Å². The van der Waals surface area contributed by atoms with Gasteiger partial charge in [-0.25, -0.2) is 0 Å². The molecule has 1 aliphatic rings. The maximum atomic E-state index is 5.59.